The lowest BCUT2D eigenvalue weighted by molar-refractivity contribution is 0.0235. The molecule has 2 saturated carbocycles. The van der Waals surface area contributed by atoms with Gasteiger partial charge in [-0.25, -0.2) is 0 Å². The Bertz CT molecular complexity index is 395. The van der Waals surface area contributed by atoms with E-state index in [1.807, 2.05) is 6.92 Å². The summed E-state index contributed by atoms with van der Waals surface area (Å²) >= 11 is 0. The summed E-state index contributed by atoms with van der Waals surface area (Å²) in [7, 11) is 0. The predicted molar refractivity (Wildman–Crippen MR) is 69.3 cm³/mol. The zero-order chi connectivity index (χ0) is 12.4. The first-order valence-corrected chi connectivity index (χ1v) is 7.31. The van der Waals surface area contributed by atoms with Crippen LogP contribution in [0, 0.1) is 12.3 Å². The molecule has 2 aliphatic carbocycles. The first-order chi connectivity index (χ1) is 8.78. The van der Waals surface area contributed by atoms with Gasteiger partial charge in [0.15, 0.2) is 5.82 Å². The molecule has 1 aromatic rings. The molecule has 1 heterocycles. The Morgan fingerprint density at radius 2 is 2.11 bits per heavy atom. The second-order valence-corrected chi connectivity index (χ2v) is 5.95. The molecule has 0 aromatic carbocycles. The maximum Gasteiger partial charge on any atom is 0.223 e. The highest BCUT2D eigenvalue weighted by Crippen LogP contribution is 2.51. The highest BCUT2D eigenvalue weighted by molar-refractivity contribution is 5.01. The molecular formula is C14H23N3O. The van der Waals surface area contributed by atoms with Crippen LogP contribution in [0.3, 0.4) is 0 Å². The quantitative estimate of drug-likeness (QED) is 0.891. The van der Waals surface area contributed by atoms with E-state index in [2.05, 4.69) is 15.5 Å². The number of hydrogen-bond acceptors (Lipinski definition) is 4. The molecule has 2 fully saturated rings. The van der Waals surface area contributed by atoms with Crippen LogP contribution in [-0.2, 0) is 6.42 Å². The summed E-state index contributed by atoms with van der Waals surface area (Å²) in [6.45, 7) is 2.82. The van der Waals surface area contributed by atoms with Gasteiger partial charge in [0.25, 0.3) is 0 Å². The van der Waals surface area contributed by atoms with Crippen LogP contribution in [0.25, 0.3) is 0 Å². The van der Waals surface area contributed by atoms with Gasteiger partial charge in [0.05, 0.1) is 0 Å². The molecule has 18 heavy (non-hydrogen) atoms. The van der Waals surface area contributed by atoms with E-state index >= 15 is 0 Å². The molecule has 1 spiro atoms. The number of aryl methyl sites for hydroxylation is 1. The van der Waals surface area contributed by atoms with E-state index in [0.29, 0.717) is 11.3 Å². The molecule has 1 unspecified atom stereocenters. The van der Waals surface area contributed by atoms with Crippen LogP contribution in [0.4, 0.5) is 0 Å². The van der Waals surface area contributed by atoms with Gasteiger partial charge in [-0.2, -0.15) is 4.98 Å². The molecule has 3 rings (SSSR count). The minimum absolute atomic E-state index is 0.644. The third kappa shape index (κ3) is 2.30. The first-order valence-electron chi connectivity index (χ1n) is 7.31. The smallest absolute Gasteiger partial charge is 0.223 e. The molecule has 0 bridgehead atoms. The predicted octanol–water partition coefficient (Wildman–Crippen LogP) is 2.62. The minimum atomic E-state index is 0.644. The number of rotatable bonds is 4. The Morgan fingerprint density at radius 3 is 2.72 bits per heavy atom. The zero-order valence-corrected chi connectivity index (χ0v) is 11.2. The topological polar surface area (TPSA) is 51.0 Å². The van der Waals surface area contributed by atoms with Crippen LogP contribution in [0.15, 0.2) is 4.52 Å². The van der Waals surface area contributed by atoms with Crippen molar-refractivity contribution in [2.24, 2.45) is 5.41 Å². The van der Waals surface area contributed by atoms with E-state index in [9.17, 15) is 0 Å². The fourth-order valence-electron chi connectivity index (χ4n) is 3.67. The maximum absolute atomic E-state index is 4.98. The second-order valence-electron chi connectivity index (χ2n) is 5.95. The highest BCUT2D eigenvalue weighted by Gasteiger charge is 2.46. The molecule has 0 aliphatic heterocycles. The third-order valence-electron chi connectivity index (χ3n) is 4.83. The Morgan fingerprint density at radius 1 is 1.28 bits per heavy atom. The third-order valence-corrected chi connectivity index (χ3v) is 4.83. The van der Waals surface area contributed by atoms with E-state index in [-0.39, 0.29) is 0 Å². The van der Waals surface area contributed by atoms with Crippen molar-refractivity contribution in [2.75, 3.05) is 6.54 Å². The van der Waals surface area contributed by atoms with Gasteiger partial charge < -0.3 is 9.84 Å². The summed E-state index contributed by atoms with van der Waals surface area (Å²) in [6.07, 6.45) is 10.8. The first kappa shape index (κ1) is 12.2. The fraction of sp³-hybridized carbons (Fsp3) is 0.857. The van der Waals surface area contributed by atoms with Crippen LogP contribution >= 0.6 is 0 Å². The molecule has 0 radical (unpaired) electrons. The maximum atomic E-state index is 4.98. The normalized spacial score (nSPS) is 26.2. The Labute approximate surface area is 109 Å². The van der Waals surface area contributed by atoms with Gasteiger partial charge in [-0.15, -0.1) is 0 Å². The average molecular weight is 249 g/mol. The van der Waals surface area contributed by atoms with Crippen molar-refractivity contribution in [3.8, 4) is 0 Å². The van der Waals surface area contributed by atoms with Crippen molar-refractivity contribution in [2.45, 2.75) is 64.3 Å². The van der Waals surface area contributed by atoms with Crippen LogP contribution in [-0.4, -0.2) is 22.7 Å². The molecule has 4 heteroatoms. The van der Waals surface area contributed by atoms with Crippen LogP contribution < -0.4 is 5.32 Å². The molecule has 100 valence electrons. The number of nitrogens with one attached hydrogen (secondary N) is 1. The second kappa shape index (κ2) is 5.00. The van der Waals surface area contributed by atoms with Crippen molar-refractivity contribution in [1.29, 1.82) is 0 Å². The van der Waals surface area contributed by atoms with Crippen molar-refractivity contribution < 1.29 is 4.52 Å². The summed E-state index contributed by atoms with van der Waals surface area (Å²) in [5, 5.41) is 7.65. The Balaban J connectivity index is 1.46. The van der Waals surface area contributed by atoms with Crippen molar-refractivity contribution in [3.05, 3.63) is 11.7 Å². The zero-order valence-electron chi connectivity index (χ0n) is 11.2. The van der Waals surface area contributed by atoms with E-state index in [4.69, 9.17) is 4.52 Å². The molecule has 0 amide bonds. The van der Waals surface area contributed by atoms with Gasteiger partial charge in [-0.05, 0) is 31.1 Å². The summed E-state index contributed by atoms with van der Waals surface area (Å²) in [5.74, 6) is 1.49. The fourth-order valence-corrected chi connectivity index (χ4v) is 3.67. The number of aromatic nitrogens is 2. The average Bonchev–Trinajstić information content (AvgIpc) is 2.80. The van der Waals surface area contributed by atoms with Gasteiger partial charge in [0.1, 0.15) is 0 Å². The van der Waals surface area contributed by atoms with Gasteiger partial charge in [0.2, 0.25) is 5.89 Å². The van der Waals surface area contributed by atoms with E-state index in [1.54, 1.807) is 0 Å². The lowest BCUT2D eigenvalue weighted by Crippen LogP contribution is -2.54. The highest BCUT2D eigenvalue weighted by atomic mass is 16.5. The standard InChI is InChI=1S/C14H23N3O/c1-11-16-13(17-18-11)6-10-15-12-5-9-14(12)7-3-2-4-8-14/h12,15H,2-10H2,1H3. The van der Waals surface area contributed by atoms with Crippen molar-refractivity contribution in [3.63, 3.8) is 0 Å². The number of nitrogens with zero attached hydrogens (tertiary/aromatic N) is 2. The largest absolute Gasteiger partial charge is 0.340 e. The summed E-state index contributed by atoms with van der Waals surface area (Å²) < 4.78 is 4.98. The summed E-state index contributed by atoms with van der Waals surface area (Å²) in [6, 6.07) is 0.741. The molecule has 1 aromatic heterocycles. The van der Waals surface area contributed by atoms with E-state index in [0.717, 1.165) is 24.8 Å². The van der Waals surface area contributed by atoms with E-state index in [1.165, 1.54) is 44.9 Å². The molecule has 4 nitrogen and oxygen atoms in total. The monoisotopic (exact) mass is 249 g/mol. The van der Waals surface area contributed by atoms with Gasteiger partial charge in [0, 0.05) is 25.9 Å². The van der Waals surface area contributed by atoms with Gasteiger partial charge in [-0.1, -0.05) is 24.4 Å². The molecule has 1 N–H and O–H groups in total. The molecular weight excluding hydrogens is 226 g/mol. The number of hydrogen-bond donors (Lipinski definition) is 1. The van der Waals surface area contributed by atoms with E-state index < -0.39 is 0 Å². The van der Waals surface area contributed by atoms with Gasteiger partial charge >= 0.3 is 0 Å². The van der Waals surface area contributed by atoms with Gasteiger partial charge in [-0.3, -0.25) is 0 Å². The lowest BCUT2D eigenvalue weighted by atomic mass is 9.57. The molecule has 1 atom stereocenters. The Kier molecular flexibility index (Phi) is 3.37. The van der Waals surface area contributed by atoms with Crippen LogP contribution in [0.5, 0.6) is 0 Å². The summed E-state index contributed by atoms with van der Waals surface area (Å²) in [5.41, 5.74) is 0.644. The van der Waals surface area contributed by atoms with Crippen LogP contribution in [0.2, 0.25) is 0 Å². The Hall–Kier alpha value is -0.900. The van der Waals surface area contributed by atoms with Crippen LogP contribution in [0.1, 0.15) is 56.7 Å². The summed E-state index contributed by atoms with van der Waals surface area (Å²) in [4.78, 5) is 4.24. The lowest BCUT2D eigenvalue weighted by Gasteiger charge is -2.52. The van der Waals surface area contributed by atoms with Crippen molar-refractivity contribution >= 4 is 0 Å². The molecule has 0 saturated heterocycles. The van der Waals surface area contributed by atoms with Crippen molar-refractivity contribution in [1.82, 2.24) is 15.5 Å². The minimum Gasteiger partial charge on any atom is -0.340 e. The molecule has 2 aliphatic rings. The SMILES string of the molecule is Cc1nc(CCNC2CCC23CCCCC3)no1.